The highest BCUT2D eigenvalue weighted by molar-refractivity contribution is 5.98. The van der Waals surface area contributed by atoms with Crippen LogP contribution in [0.15, 0.2) is 97.1 Å². The van der Waals surface area contributed by atoms with Gasteiger partial charge in [-0.1, -0.05) is 246 Å². The Kier molecular flexibility index (Phi) is 52.4. The van der Waals surface area contributed by atoms with E-state index in [9.17, 15) is 57.5 Å². The number of amides is 12. The summed E-state index contributed by atoms with van der Waals surface area (Å²) in [6, 6.07) is 25.3. The fourth-order valence-electron chi connectivity index (χ4n) is 20.2. The predicted molar refractivity (Wildman–Crippen MR) is 589 cm³/mol. The predicted octanol–water partition coefficient (Wildman–Crippen LogP) is 13.9. The van der Waals surface area contributed by atoms with E-state index >= 15 is 0 Å². The van der Waals surface area contributed by atoms with Crippen molar-refractivity contribution in [2.75, 3.05) is 66.7 Å². The molecule has 0 bridgehead atoms. The van der Waals surface area contributed by atoms with Crippen LogP contribution in [-0.2, 0) is 102 Å². The van der Waals surface area contributed by atoms with Gasteiger partial charge in [0.2, 0.25) is 70.9 Å². The number of ether oxygens (including phenoxy) is 4. The molecule has 10 N–H and O–H groups in total. The second-order valence-corrected chi connectivity index (χ2v) is 44.2. The van der Waals surface area contributed by atoms with Crippen molar-refractivity contribution >= 4 is 121 Å². The van der Waals surface area contributed by atoms with E-state index in [-0.39, 0.29) is 188 Å². The zero-order chi connectivity index (χ0) is 106. The SMILES string of the molecule is CC#CC#CCO[C@H]1Cc2ccccc2C1NC(=O)[C@@H]1CCCN1C(=O)[C@@H](NC(=O)[C@H](C)NC)C(C)(C)C.CCCCCCO[C@H]1Cc2ccccc2C1NC(=O)[C@@H]1CCCN1C(=O)[C@@H](NC(=O)[C@H](C)NC)C(C)(C)C.CCO[C@H]1Cc2ccccc2[C@@H]1NC(=O)[C@@H]1CCCN1C(=O)[C@@H](NC(=O)[C@H](C)CC)C(C)(C)C.CCO[C@H]1Cc2ccccc2[C@@H]1NC(=O)[C@@H]1CCCN1C(=O)[C@@H](NC(=O)[C@H](C)CC)C(C)(C)C.Cl.Cl.Cl.Cl. The first-order chi connectivity index (χ1) is 68.3. The van der Waals surface area contributed by atoms with E-state index in [4.69, 9.17) is 18.9 Å². The van der Waals surface area contributed by atoms with Gasteiger partial charge in [0, 0.05) is 83.5 Å². The molecule has 4 heterocycles. The summed E-state index contributed by atoms with van der Waals surface area (Å²) in [5, 5.41) is 30.4. The van der Waals surface area contributed by atoms with Gasteiger partial charge in [0.15, 0.2) is 0 Å². The molecule has 0 saturated carbocycles. The highest BCUT2D eigenvalue weighted by Gasteiger charge is 2.51. The molecule has 824 valence electrons. The lowest BCUT2D eigenvalue weighted by molar-refractivity contribution is -0.144. The van der Waals surface area contributed by atoms with Gasteiger partial charge < -0.3 is 91.7 Å². The first-order valence-electron chi connectivity index (χ1n) is 53.0. The minimum atomic E-state index is -0.757. The number of fused-ring (bicyclic) bond motifs is 4. The van der Waals surface area contributed by atoms with Crippen LogP contribution in [0.4, 0.5) is 0 Å². The quantitative estimate of drug-likeness (QED) is 0.0149. The third-order valence-corrected chi connectivity index (χ3v) is 29.4. The highest BCUT2D eigenvalue weighted by atomic mass is 35.5. The first-order valence-corrected chi connectivity index (χ1v) is 53.0. The Morgan fingerprint density at radius 3 is 0.872 bits per heavy atom. The van der Waals surface area contributed by atoms with E-state index < -0.39 is 82.1 Å². The van der Waals surface area contributed by atoms with Crippen molar-refractivity contribution in [2.24, 2.45) is 33.5 Å². The highest BCUT2D eigenvalue weighted by Crippen LogP contribution is 2.41. The van der Waals surface area contributed by atoms with Crippen molar-refractivity contribution in [3.63, 3.8) is 0 Å². The monoisotopic (exact) mass is 2140 g/mol. The van der Waals surface area contributed by atoms with Crippen molar-refractivity contribution in [2.45, 2.75) is 377 Å². The van der Waals surface area contributed by atoms with Crippen molar-refractivity contribution in [3.05, 3.63) is 142 Å². The molecule has 34 heteroatoms. The number of hydrogen-bond acceptors (Lipinski definition) is 18. The molecule has 20 atom stereocenters. The van der Waals surface area contributed by atoms with Crippen molar-refractivity contribution in [3.8, 4) is 23.7 Å². The molecule has 0 spiro atoms. The third-order valence-electron chi connectivity index (χ3n) is 29.4. The van der Waals surface area contributed by atoms with E-state index in [0.717, 1.165) is 85.6 Å². The van der Waals surface area contributed by atoms with Gasteiger partial charge in [-0.25, -0.2) is 0 Å². The van der Waals surface area contributed by atoms with E-state index in [1.54, 1.807) is 54.5 Å². The van der Waals surface area contributed by atoms with Gasteiger partial charge in [-0.2, -0.15) is 0 Å². The fourth-order valence-corrected chi connectivity index (χ4v) is 20.2. The molecule has 12 amide bonds. The van der Waals surface area contributed by atoms with Gasteiger partial charge in [-0.05, 0) is 197 Å². The van der Waals surface area contributed by atoms with Crippen LogP contribution in [0, 0.1) is 57.2 Å². The lowest BCUT2D eigenvalue weighted by Crippen LogP contribution is -2.59. The Balaban J connectivity index is 0.000000344. The lowest BCUT2D eigenvalue weighted by atomic mass is 9.85. The summed E-state index contributed by atoms with van der Waals surface area (Å²) in [4.78, 5) is 166. The molecule has 4 aliphatic heterocycles. The Labute approximate surface area is 906 Å². The van der Waals surface area contributed by atoms with E-state index in [0.29, 0.717) is 90.9 Å². The number of nitrogens with one attached hydrogen (secondary N) is 10. The van der Waals surface area contributed by atoms with Crippen molar-refractivity contribution in [1.82, 2.24) is 72.8 Å². The number of carbonyl (C=O) groups is 12. The maximum atomic E-state index is 13.8. The molecule has 4 fully saturated rings. The van der Waals surface area contributed by atoms with Crippen LogP contribution in [0.25, 0.3) is 0 Å². The second-order valence-electron chi connectivity index (χ2n) is 44.2. The van der Waals surface area contributed by atoms with E-state index in [2.05, 4.69) is 108 Å². The molecule has 4 aromatic rings. The number of halogens is 4. The standard InChI is InChI=1S/C30H48N4O4.C30H40N4O4.2C27H41N3O4.4ClH/c2*1-7-8-9-12-18-38-24-19-21-14-10-11-15-22(21)25(24)32-28(36)23-16-13-17-34(23)29(37)26(30(3,4)5)33-27(35)20(2)31-6;2*1-7-17(3)24(31)29-23(27(4,5)6)26(33)30-15-11-14-20(30)25(32)28-22-19-13-10-9-12-18(19)16-21(22)34-8-2;;;;/h10-11,14-15,20,23-26,31H,7-9,12-13,16-19H2,1-6H3,(H,32,36)(H,33,35);10-11,14-15,20,23-26,31H,13,16-19H2,1-6H3,(H,32,36)(H,33,35);2*9-10,12-13,17,20-23H,7-8,11,14-16H2,1-6H3,(H,28,32)(H,29,31);4*1H/t2*20-,23-,24-,25?,26+;2*17-,20+,21+,22+,23-;;;;/m0011..../s1. The fraction of sp³-hybridized carbons (Fsp3) is 0.649. The van der Waals surface area contributed by atoms with Gasteiger partial charge in [-0.3, -0.25) is 57.5 Å². The average molecular weight is 2140 g/mol. The number of nitrogens with zero attached hydrogens (tertiary/aromatic N) is 4. The van der Waals surface area contributed by atoms with Crippen molar-refractivity contribution < 1.29 is 76.5 Å². The molecule has 0 radical (unpaired) electrons. The molecular formula is C114H174Cl4N14O16. The number of likely N-dealkylation sites (tertiary alicyclic amines) is 4. The largest absolute Gasteiger partial charge is 0.376 e. The van der Waals surface area contributed by atoms with Crippen LogP contribution in [0.3, 0.4) is 0 Å². The van der Waals surface area contributed by atoms with Crippen LogP contribution in [0.5, 0.6) is 0 Å². The summed E-state index contributed by atoms with van der Waals surface area (Å²) in [7, 11) is 3.41. The topological polar surface area (TPSA) is 375 Å². The summed E-state index contributed by atoms with van der Waals surface area (Å²) in [5.74, 6) is 8.50. The third kappa shape index (κ3) is 34.3. The molecule has 30 nitrogen and oxygen atoms in total. The number of likely N-dealkylation sites (N-methyl/N-ethyl adjacent to an activating group) is 2. The van der Waals surface area contributed by atoms with Crippen LogP contribution >= 0.6 is 49.6 Å². The average Bonchev–Trinajstić information content (AvgIpc) is 1.63. The summed E-state index contributed by atoms with van der Waals surface area (Å²) in [6.45, 7) is 46.2. The molecule has 4 aliphatic carbocycles. The lowest BCUT2D eigenvalue weighted by Gasteiger charge is -2.36. The van der Waals surface area contributed by atoms with Crippen molar-refractivity contribution in [1.29, 1.82) is 0 Å². The normalized spacial score (nSPS) is 22.3. The van der Waals surface area contributed by atoms with Gasteiger partial charge in [-0.15, -0.1) is 49.6 Å². The molecule has 4 saturated heterocycles. The minimum absolute atomic E-state index is 0. The first kappa shape index (κ1) is 129. The molecule has 148 heavy (non-hydrogen) atoms. The number of unbranched alkanes of at least 4 members (excludes halogenated alkanes) is 3. The smallest absolute Gasteiger partial charge is 0.246 e. The maximum Gasteiger partial charge on any atom is 0.246 e. The molecular weight excluding hydrogens is 1960 g/mol. The number of carbonyl (C=O) groups excluding carboxylic acids is 12. The minimum Gasteiger partial charge on any atom is -0.376 e. The Morgan fingerprint density at radius 2 is 0.622 bits per heavy atom. The summed E-state index contributed by atoms with van der Waals surface area (Å²) >= 11 is 0. The van der Waals surface area contributed by atoms with Crippen LogP contribution in [-0.4, -0.2) is 242 Å². The van der Waals surface area contributed by atoms with Gasteiger partial charge in [0.05, 0.1) is 60.7 Å². The Bertz CT molecular complexity index is 5030. The Hall–Kier alpha value is -9.44. The number of hydrogen-bond donors (Lipinski definition) is 10. The van der Waals surface area contributed by atoms with E-state index in [1.807, 2.05) is 197 Å². The molecule has 12 rings (SSSR count). The van der Waals surface area contributed by atoms with Gasteiger partial charge in [0.1, 0.15) is 54.9 Å². The van der Waals surface area contributed by atoms with Gasteiger partial charge in [0.25, 0.3) is 0 Å². The van der Waals surface area contributed by atoms with Crippen LogP contribution in [0.1, 0.15) is 311 Å². The molecule has 0 aromatic heterocycles. The van der Waals surface area contributed by atoms with Crippen LogP contribution in [0.2, 0.25) is 0 Å². The zero-order valence-corrected chi connectivity index (χ0v) is 95.4. The van der Waals surface area contributed by atoms with Gasteiger partial charge >= 0.3 is 0 Å². The molecule has 2 unspecified atom stereocenters. The van der Waals surface area contributed by atoms with Crippen LogP contribution < -0.4 is 53.2 Å². The molecule has 8 aliphatic rings. The maximum absolute atomic E-state index is 13.8. The number of benzene rings is 4. The summed E-state index contributed by atoms with van der Waals surface area (Å²) in [6.07, 6.45) is 13.7. The summed E-state index contributed by atoms with van der Waals surface area (Å²) in [5.41, 5.74) is 6.97. The Morgan fingerprint density at radius 1 is 0.358 bits per heavy atom. The number of rotatable bonds is 36. The zero-order valence-electron chi connectivity index (χ0n) is 92.1. The summed E-state index contributed by atoms with van der Waals surface area (Å²) < 4.78 is 24.3. The molecule has 4 aromatic carbocycles. The van der Waals surface area contributed by atoms with E-state index in [1.165, 1.54) is 29.5 Å². The second kappa shape index (κ2) is 60.1.